The Bertz CT molecular complexity index is 686. The first-order valence-corrected chi connectivity index (χ1v) is 6.87. The minimum absolute atomic E-state index is 0.0266. The Balaban J connectivity index is 2.06. The molecule has 1 aliphatic heterocycles. The molecule has 0 aliphatic carbocycles. The van der Waals surface area contributed by atoms with Gasteiger partial charge >= 0.3 is 0 Å². The maximum Gasteiger partial charge on any atom is 0.202 e. The molecule has 0 radical (unpaired) electrons. The Morgan fingerprint density at radius 2 is 1.74 bits per heavy atom. The third-order valence-corrected chi connectivity index (χ3v) is 4.34. The average molecular weight is 267 g/mol. The zero-order chi connectivity index (χ0) is 13.4. The van der Waals surface area contributed by atoms with Crippen LogP contribution >= 0.6 is 11.8 Å². The normalized spacial score (nSPS) is 16.4. The highest BCUT2D eigenvalue weighted by atomic mass is 32.2. The third-order valence-electron chi connectivity index (χ3n) is 3.16. The first-order chi connectivity index (χ1) is 9.16. The first kappa shape index (κ1) is 12.1. The molecule has 0 saturated heterocycles. The van der Waals surface area contributed by atoms with Gasteiger partial charge in [0.2, 0.25) is 5.78 Å². The summed E-state index contributed by atoms with van der Waals surface area (Å²) in [4.78, 5) is 13.9. The lowest BCUT2D eigenvalue weighted by molar-refractivity contribution is 0.104. The Labute approximate surface area is 116 Å². The van der Waals surface area contributed by atoms with Gasteiger partial charge in [0.15, 0.2) is 0 Å². The molecule has 0 fully saturated rings. The summed E-state index contributed by atoms with van der Waals surface area (Å²) in [7, 11) is 0. The molecule has 0 atom stereocenters. The summed E-state index contributed by atoms with van der Waals surface area (Å²) < 4.78 is 0. The number of hydrogen-bond donors (Lipinski definition) is 1. The van der Waals surface area contributed by atoms with Crippen molar-refractivity contribution in [2.45, 2.75) is 11.8 Å². The van der Waals surface area contributed by atoms with Gasteiger partial charge in [-0.1, -0.05) is 53.7 Å². The minimum atomic E-state index is 0.0266. The lowest BCUT2D eigenvalue weighted by Crippen LogP contribution is -2.04. The first-order valence-electron chi connectivity index (χ1n) is 6.05. The molecule has 0 aromatic heterocycles. The Morgan fingerprint density at radius 1 is 1.05 bits per heavy atom. The Hall–Kier alpha value is -2.00. The van der Waals surface area contributed by atoms with Crippen LogP contribution in [0.25, 0.3) is 5.70 Å². The molecule has 0 saturated carbocycles. The molecule has 0 unspecified atom stereocenters. The zero-order valence-electron chi connectivity index (χ0n) is 10.5. The van der Waals surface area contributed by atoms with E-state index in [1.54, 1.807) is 0 Å². The second kappa shape index (κ2) is 4.59. The molecule has 3 rings (SSSR count). The SMILES string of the molecule is Cc1ccc(/C(N)=C2\Sc3ccccc3C2=O)cc1. The second-order valence-electron chi connectivity index (χ2n) is 4.54. The van der Waals surface area contributed by atoms with Gasteiger partial charge in [0.25, 0.3) is 0 Å². The van der Waals surface area contributed by atoms with Crippen molar-refractivity contribution >= 4 is 23.2 Å². The topological polar surface area (TPSA) is 43.1 Å². The Morgan fingerprint density at radius 3 is 2.42 bits per heavy atom. The van der Waals surface area contributed by atoms with E-state index in [2.05, 4.69) is 0 Å². The third kappa shape index (κ3) is 2.06. The molecule has 1 heterocycles. The quantitative estimate of drug-likeness (QED) is 0.803. The van der Waals surface area contributed by atoms with Gasteiger partial charge in [-0.15, -0.1) is 0 Å². The maximum atomic E-state index is 12.3. The number of carbonyl (C=O) groups excluding carboxylic acids is 1. The smallest absolute Gasteiger partial charge is 0.202 e. The fourth-order valence-corrected chi connectivity index (χ4v) is 3.13. The zero-order valence-corrected chi connectivity index (χ0v) is 11.3. The van der Waals surface area contributed by atoms with E-state index in [4.69, 9.17) is 5.73 Å². The lowest BCUT2D eigenvalue weighted by Gasteiger charge is -2.05. The fraction of sp³-hybridized carbons (Fsp3) is 0.0625. The van der Waals surface area contributed by atoms with E-state index in [0.717, 1.165) is 16.0 Å². The van der Waals surface area contributed by atoms with Gasteiger partial charge < -0.3 is 5.73 Å². The van der Waals surface area contributed by atoms with E-state index in [1.165, 1.54) is 17.3 Å². The van der Waals surface area contributed by atoms with Crippen molar-refractivity contribution in [3.63, 3.8) is 0 Å². The van der Waals surface area contributed by atoms with E-state index in [-0.39, 0.29) is 5.78 Å². The number of aryl methyl sites for hydroxylation is 1. The van der Waals surface area contributed by atoms with Gasteiger partial charge in [-0.25, -0.2) is 0 Å². The summed E-state index contributed by atoms with van der Waals surface area (Å²) in [5.41, 5.74) is 9.54. The highest BCUT2D eigenvalue weighted by molar-refractivity contribution is 8.05. The largest absolute Gasteiger partial charge is 0.397 e. The van der Waals surface area contributed by atoms with Gasteiger partial charge in [-0.05, 0) is 24.6 Å². The van der Waals surface area contributed by atoms with Gasteiger partial charge in [0.1, 0.15) is 0 Å². The predicted octanol–water partition coefficient (Wildman–Crippen LogP) is 3.61. The van der Waals surface area contributed by atoms with Crippen LogP contribution in [0, 0.1) is 6.92 Å². The summed E-state index contributed by atoms with van der Waals surface area (Å²) >= 11 is 1.46. The van der Waals surface area contributed by atoms with Crippen LogP contribution in [-0.2, 0) is 0 Å². The molecule has 2 N–H and O–H groups in total. The van der Waals surface area contributed by atoms with Crippen LogP contribution in [0.2, 0.25) is 0 Å². The summed E-state index contributed by atoms with van der Waals surface area (Å²) in [6.07, 6.45) is 0. The number of carbonyl (C=O) groups is 1. The van der Waals surface area contributed by atoms with E-state index in [0.29, 0.717) is 10.6 Å². The van der Waals surface area contributed by atoms with Crippen molar-refractivity contribution in [2.75, 3.05) is 0 Å². The van der Waals surface area contributed by atoms with E-state index < -0.39 is 0 Å². The molecule has 19 heavy (non-hydrogen) atoms. The standard InChI is InChI=1S/C16H13NOS/c1-10-6-8-11(9-7-10)14(17)16-15(18)12-4-2-3-5-13(12)19-16/h2-9H,17H2,1H3/b16-14+. The molecule has 2 nitrogen and oxygen atoms in total. The van der Waals surface area contributed by atoms with Crippen LogP contribution in [0.5, 0.6) is 0 Å². The van der Waals surface area contributed by atoms with Crippen LogP contribution in [0.4, 0.5) is 0 Å². The number of thioether (sulfide) groups is 1. The van der Waals surface area contributed by atoms with Crippen molar-refractivity contribution in [1.29, 1.82) is 0 Å². The molecule has 94 valence electrons. The fourth-order valence-electron chi connectivity index (χ4n) is 2.06. The van der Waals surface area contributed by atoms with Crippen LogP contribution < -0.4 is 5.73 Å². The van der Waals surface area contributed by atoms with Crippen LogP contribution in [0.1, 0.15) is 21.5 Å². The van der Waals surface area contributed by atoms with E-state index in [1.807, 2.05) is 55.5 Å². The second-order valence-corrected chi connectivity index (χ2v) is 5.59. The molecule has 0 spiro atoms. The number of hydrogen-bond acceptors (Lipinski definition) is 3. The number of ketones is 1. The van der Waals surface area contributed by atoms with E-state index >= 15 is 0 Å². The number of Topliss-reactive ketones (excluding diaryl/α,β-unsaturated/α-hetero) is 1. The van der Waals surface area contributed by atoms with Crippen molar-refractivity contribution in [2.24, 2.45) is 5.73 Å². The highest BCUT2D eigenvalue weighted by Crippen LogP contribution is 2.42. The molecular formula is C16H13NOS. The molecule has 1 aliphatic rings. The van der Waals surface area contributed by atoms with Crippen LogP contribution in [0.3, 0.4) is 0 Å². The lowest BCUT2D eigenvalue weighted by atomic mass is 10.1. The molecule has 2 aromatic rings. The Kier molecular flexibility index (Phi) is 2.91. The molecule has 0 bridgehead atoms. The number of benzene rings is 2. The van der Waals surface area contributed by atoms with E-state index in [9.17, 15) is 4.79 Å². The highest BCUT2D eigenvalue weighted by Gasteiger charge is 2.27. The van der Waals surface area contributed by atoms with Crippen LogP contribution in [-0.4, -0.2) is 5.78 Å². The molecule has 2 aromatic carbocycles. The van der Waals surface area contributed by atoms with Crippen molar-refractivity contribution < 1.29 is 4.79 Å². The average Bonchev–Trinajstić information content (AvgIpc) is 2.77. The van der Waals surface area contributed by atoms with Gasteiger partial charge in [-0.3, -0.25) is 4.79 Å². The number of allylic oxidation sites excluding steroid dienone is 1. The summed E-state index contributed by atoms with van der Waals surface area (Å²) in [5.74, 6) is 0.0266. The number of nitrogens with two attached hydrogens (primary N) is 1. The minimum Gasteiger partial charge on any atom is -0.397 e. The summed E-state index contributed by atoms with van der Waals surface area (Å²) in [6.45, 7) is 2.03. The monoisotopic (exact) mass is 267 g/mol. The number of rotatable bonds is 1. The molecular weight excluding hydrogens is 254 g/mol. The molecule has 3 heteroatoms. The van der Waals surface area contributed by atoms with Crippen molar-refractivity contribution in [3.05, 3.63) is 70.1 Å². The number of fused-ring (bicyclic) bond motifs is 1. The summed E-state index contributed by atoms with van der Waals surface area (Å²) in [6, 6.07) is 15.5. The maximum absolute atomic E-state index is 12.3. The van der Waals surface area contributed by atoms with Crippen LogP contribution in [0.15, 0.2) is 58.3 Å². The van der Waals surface area contributed by atoms with Gasteiger partial charge in [-0.2, -0.15) is 0 Å². The molecule has 0 amide bonds. The van der Waals surface area contributed by atoms with Gasteiger partial charge in [0.05, 0.1) is 10.6 Å². The van der Waals surface area contributed by atoms with Gasteiger partial charge in [0, 0.05) is 10.5 Å². The van der Waals surface area contributed by atoms with Crippen molar-refractivity contribution in [1.82, 2.24) is 0 Å². The van der Waals surface area contributed by atoms with Crippen molar-refractivity contribution in [3.8, 4) is 0 Å². The summed E-state index contributed by atoms with van der Waals surface area (Å²) in [5, 5.41) is 0. The predicted molar refractivity (Wildman–Crippen MR) is 78.9 cm³/mol.